The Hall–Kier alpha value is -1.85. The third-order valence-corrected chi connectivity index (χ3v) is 4.72. The van der Waals surface area contributed by atoms with Gasteiger partial charge in [-0.1, -0.05) is 24.3 Å². The predicted octanol–water partition coefficient (Wildman–Crippen LogP) is 2.08. The van der Waals surface area contributed by atoms with Gasteiger partial charge in [0.25, 0.3) is 5.91 Å². The van der Waals surface area contributed by atoms with Crippen molar-refractivity contribution < 1.29 is 14.6 Å². The molecule has 1 amide bonds. The van der Waals surface area contributed by atoms with Crippen LogP contribution in [0.4, 0.5) is 0 Å². The second kappa shape index (κ2) is 5.50. The summed E-state index contributed by atoms with van der Waals surface area (Å²) < 4.78 is 5.63. The van der Waals surface area contributed by atoms with Crippen molar-refractivity contribution in [1.29, 1.82) is 0 Å². The number of nitrogens with one attached hydrogen (secondary N) is 1. The molecule has 3 rings (SSSR count). The maximum Gasteiger partial charge on any atom is 0.261 e. The standard InChI is InChI=1S/C16H17NO3S/c1-16(19,14-7-4-8-21-14)10-17-15(18)13-9-11-5-2-3-6-12(11)20-13/h2-8,13,19H,9-10H2,1H3,(H,17,18)/t13-,16+/m1/s1. The van der Waals surface area contributed by atoms with E-state index < -0.39 is 11.7 Å². The summed E-state index contributed by atoms with van der Waals surface area (Å²) in [7, 11) is 0. The van der Waals surface area contributed by atoms with E-state index in [0.717, 1.165) is 16.2 Å². The van der Waals surface area contributed by atoms with E-state index in [-0.39, 0.29) is 12.5 Å². The van der Waals surface area contributed by atoms with E-state index >= 15 is 0 Å². The molecule has 0 bridgehead atoms. The number of ether oxygens (including phenoxy) is 1. The summed E-state index contributed by atoms with van der Waals surface area (Å²) in [5.41, 5.74) is -0.0161. The van der Waals surface area contributed by atoms with Crippen molar-refractivity contribution in [2.24, 2.45) is 0 Å². The highest BCUT2D eigenvalue weighted by Crippen LogP contribution is 2.28. The molecule has 2 N–H and O–H groups in total. The number of carbonyl (C=O) groups is 1. The lowest BCUT2D eigenvalue weighted by Crippen LogP contribution is -2.44. The summed E-state index contributed by atoms with van der Waals surface area (Å²) in [6, 6.07) is 11.4. The van der Waals surface area contributed by atoms with Gasteiger partial charge in [0.1, 0.15) is 11.4 Å². The number of aliphatic hydroxyl groups is 1. The van der Waals surface area contributed by atoms with Gasteiger partial charge in [0.15, 0.2) is 6.10 Å². The Labute approximate surface area is 127 Å². The molecule has 0 spiro atoms. The number of hydrogen-bond acceptors (Lipinski definition) is 4. The van der Waals surface area contributed by atoms with Crippen molar-refractivity contribution in [3.63, 3.8) is 0 Å². The summed E-state index contributed by atoms with van der Waals surface area (Å²) >= 11 is 1.47. The lowest BCUT2D eigenvalue weighted by Gasteiger charge is -2.23. The van der Waals surface area contributed by atoms with E-state index in [9.17, 15) is 9.90 Å². The maximum absolute atomic E-state index is 12.2. The normalized spacial score (nSPS) is 19.4. The highest BCUT2D eigenvalue weighted by Gasteiger charge is 2.31. The number of fused-ring (bicyclic) bond motifs is 1. The van der Waals surface area contributed by atoms with Gasteiger partial charge in [-0.25, -0.2) is 0 Å². The smallest absolute Gasteiger partial charge is 0.261 e. The number of carbonyl (C=O) groups excluding carboxylic acids is 1. The van der Waals surface area contributed by atoms with Crippen molar-refractivity contribution in [1.82, 2.24) is 5.32 Å². The number of benzene rings is 1. The molecule has 0 fully saturated rings. The highest BCUT2D eigenvalue weighted by molar-refractivity contribution is 7.10. The van der Waals surface area contributed by atoms with Crippen LogP contribution in [0, 0.1) is 0 Å². The van der Waals surface area contributed by atoms with Crippen LogP contribution in [0.1, 0.15) is 17.4 Å². The predicted molar refractivity (Wildman–Crippen MR) is 81.5 cm³/mol. The molecular formula is C16H17NO3S. The van der Waals surface area contributed by atoms with Gasteiger partial charge in [0.05, 0.1) is 6.54 Å². The summed E-state index contributed by atoms with van der Waals surface area (Å²) in [4.78, 5) is 13.0. The molecule has 1 aromatic heterocycles. The Morgan fingerprint density at radius 1 is 1.43 bits per heavy atom. The van der Waals surface area contributed by atoms with Gasteiger partial charge in [-0.2, -0.15) is 0 Å². The number of thiophene rings is 1. The van der Waals surface area contributed by atoms with E-state index in [1.54, 1.807) is 6.92 Å². The van der Waals surface area contributed by atoms with E-state index in [1.165, 1.54) is 11.3 Å². The average molecular weight is 303 g/mol. The molecule has 110 valence electrons. The van der Waals surface area contributed by atoms with Crippen LogP contribution in [0.15, 0.2) is 41.8 Å². The Kier molecular flexibility index (Phi) is 3.69. The summed E-state index contributed by atoms with van der Waals surface area (Å²) in [6.07, 6.45) is 0.0601. The molecule has 21 heavy (non-hydrogen) atoms. The molecule has 0 aliphatic carbocycles. The lowest BCUT2D eigenvalue weighted by molar-refractivity contribution is -0.128. The fraction of sp³-hybridized carbons (Fsp3) is 0.312. The molecule has 0 saturated carbocycles. The number of hydrogen-bond donors (Lipinski definition) is 2. The average Bonchev–Trinajstić information content (AvgIpc) is 3.13. The van der Waals surface area contributed by atoms with E-state index in [4.69, 9.17) is 4.74 Å². The summed E-state index contributed by atoms with van der Waals surface area (Å²) in [5, 5.41) is 15.1. The van der Waals surface area contributed by atoms with Gasteiger partial charge in [-0.3, -0.25) is 4.79 Å². The van der Waals surface area contributed by atoms with Crippen LogP contribution in [0.3, 0.4) is 0 Å². The fourth-order valence-corrected chi connectivity index (χ4v) is 3.16. The van der Waals surface area contributed by atoms with Crippen molar-refractivity contribution in [2.45, 2.75) is 25.0 Å². The molecule has 0 saturated heterocycles. The van der Waals surface area contributed by atoms with E-state index in [0.29, 0.717) is 6.42 Å². The third-order valence-electron chi connectivity index (χ3n) is 3.60. The molecule has 4 nitrogen and oxygen atoms in total. The second-order valence-electron chi connectivity index (χ2n) is 5.39. The SMILES string of the molecule is C[C@](O)(CNC(=O)[C@H]1Cc2ccccc2O1)c1cccs1. The highest BCUT2D eigenvalue weighted by atomic mass is 32.1. The molecule has 0 radical (unpaired) electrons. The molecule has 2 heterocycles. The Morgan fingerprint density at radius 3 is 2.95 bits per heavy atom. The Morgan fingerprint density at radius 2 is 2.24 bits per heavy atom. The quantitative estimate of drug-likeness (QED) is 0.909. The van der Waals surface area contributed by atoms with E-state index in [1.807, 2.05) is 41.8 Å². The van der Waals surface area contributed by atoms with Crippen LogP contribution in [0.5, 0.6) is 5.75 Å². The van der Waals surface area contributed by atoms with Crippen molar-refractivity contribution in [3.8, 4) is 5.75 Å². The van der Waals surface area contributed by atoms with Crippen LogP contribution < -0.4 is 10.1 Å². The molecule has 5 heteroatoms. The van der Waals surface area contributed by atoms with Crippen LogP contribution in [-0.2, 0) is 16.8 Å². The summed E-state index contributed by atoms with van der Waals surface area (Å²) in [5.74, 6) is 0.575. The topological polar surface area (TPSA) is 58.6 Å². The fourth-order valence-electron chi connectivity index (χ4n) is 2.37. The number of rotatable bonds is 4. The first-order valence-electron chi connectivity index (χ1n) is 6.85. The molecule has 0 unspecified atom stereocenters. The minimum atomic E-state index is -1.06. The van der Waals surface area contributed by atoms with Crippen molar-refractivity contribution in [3.05, 3.63) is 52.2 Å². The van der Waals surface area contributed by atoms with Crippen molar-refractivity contribution in [2.75, 3.05) is 6.54 Å². The Balaban J connectivity index is 1.59. The molecule has 2 atom stereocenters. The van der Waals surface area contributed by atoms with Gasteiger partial charge in [-0.05, 0) is 30.0 Å². The third kappa shape index (κ3) is 2.94. The lowest BCUT2D eigenvalue weighted by atomic mass is 10.0. The minimum absolute atomic E-state index is 0.169. The molecule has 2 aromatic rings. The van der Waals surface area contributed by atoms with Crippen LogP contribution in [-0.4, -0.2) is 23.7 Å². The largest absolute Gasteiger partial charge is 0.480 e. The molecule has 1 aliphatic heterocycles. The Bertz CT molecular complexity index is 612. The van der Waals surface area contributed by atoms with E-state index in [2.05, 4.69) is 5.32 Å². The molecule has 1 aromatic carbocycles. The maximum atomic E-state index is 12.2. The van der Waals surface area contributed by atoms with Gasteiger partial charge < -0.3 is 15.2 Å². The molecule has 1 aliphatic rings. The zero-order valence-electron chi connectivity index (χ0n) is 11.7. The second-order valence-corrected chi connectivity index (χ2v) is 6.33. The monoisotopic (exact) mass is 303 g/mol. The number of para-hydroxylation sites is 1. The first-order chi connectivity index (χ1) is 10.1. The minimum Gasteiger partial charge on any atom is -0.480 e. The van der Waals surface area contributed by atoms with Crippen LogP contribution in [0.25, 0.3) is 0 Å². The zero-order chi connectivity index (χ0) is 14.9. The van der Waals surface area contributed by atoms with Gasteiger partial charge in [-0.15, -0.1) is 11.3 Å². The van der Waals surface area contributed by atoms with Gasteiger partial charge >= 0.3 is 0 Å². The van der Waals surface area contributed by atoms with Crippen LogP contribution >= 0.6 is 11.3 Å². The van der Waals surface area contributed by atoms with Gasteiger partial charge in [0.2, 0.25) is 0 Å². The summed E-state index contributed by atoms with van der Waals surface area (Å²) in [6.45, 7) is 1.87. The van der Waals surface area contributed by atoms with Crippen molar-refractivity contribution >= 4 is 17.2 Å². The van der Waals surface area contributed by atoms with Gasteiger partial charge in [0, 0.05) is 11.3 Å². The first-order valence-corrected chi connectivity index (χ1v) is 7.73. The molecular weight excluding hydrogens is 286 g/mol. The number of amides is 1. The zero-order valence-corrected chi connectivity index (χ0v) is 12.5. The first kappa shape index (κ1) is 14.1. The van der Waals surface area contributed by atoms with Crippen LogP contribution in [0.2, 0.25) is 0 Å².